The molecule has 4 nitrogen and oxygen atoms in total. The molecule has 0 fully saturated rings. The highest BCUT2D eigenvalue weighted by atomic mass is 32.1. The third-order valence-electron chi connectivity index (χ3n) is 2.81. The van der Waals surface area contributed by atoms with Crippen LogP contribution in [0, 0.1) is 6.92 Å². The van der Waals surface area contributed by atoms with Gasteiger partial charge in [0, 0.05) is 27.9 Å². The molecule has 0 aliphatic rings. The van der Waals surface area contributed by atoms with Gasteiger partial charge in [0.2, 0.25) is 5.88 Å². The van der Waals surface area contributed by atoms with Crippen molar-refractivity contribution in [1.82, 2.24) is 10.3 Å². The number of rotatable bonds is 5. The minimum absolute atomic E-state index is 0.0102. The van der Waals surface area contributed by atoms with Crippen molar-refractivity contribution in [3.05, 3.63) is 23.2 Å². The molecule has 0 saturated carbocycles. The third kappa shape index (κ3) is 4.16. The van der Waals surface area contributed by atoms with Crippen LogP contribution in [0.2, 0.25) is 0 Å². The van der Waals surface area contributed by atoms with E-state index in [0.29, 0.717) is 12.4 Å². The second kappa shape index (κ2) is 6.08. The average molecular weight is 294 g/mol. The second-order valence-electron chi connectivity index (χ2n) is 5.98. The Bertz CT molecular complexity index is 575. The summed E-state index contributed by atoms with van der Waals surface area (Å²) in [6.07, 6.45) is 1.19. The minimum atomic E-state index is -0.550. The maximum Gasteiger partial charge on any atom is 0.222 e. The first kappa shape index (κ1) is 15.2. The Morgan fingerprint density at radius 1 is 1.45 bits per heavy atom. The molecule has 0 aliphatic heterocycles. The van der Waals surface area contributed by atoms with Crippen molar-refractivity contribution in [3.63, 3.8) is 0 Å². The fourth-order valence-corrected chi connectivity index (χ4v) is 2.75. The first-order valence-electron chi connectivity index (χ1n) is 6.76. The Balaban J connectivity index is 1.95. The van der Waals surface area contributed by atoms with Gasteiger partial charge in [-0.3, -0.25) is 0 Å². The lowest BCUT2D eigenvalue weighted by molar-refractivity contribution is 0.0986. The van der Waals surface area contributed by atoms with Crippen molar-refractivity contribution in [2.75, 3.05) is 13.2 Å². The lowest BCUT2D eigenvalue weighted by Crippen LogP contribution is -2.42. The molecule has 2 rings (SSSR count). The van der Waals surface area contributed by atoms with Crippen LogP contribution < -0.4 is 10.1 Å². The molecule has 1 atom stereocenters. The van der Waals surface area contributed by atoms with Crippen LogP contribution in [0.15, 0.2) is 18.3 Å². The summed E-state index contributed by atoms with van der Waals surface area (Å²) >= 11 is 1.72. The molecule has 0 spiro atoms. The van der Waals surface area contributed by atoms with Gasteiger partial charge in [-0.1, -0.05) is 0 Å². The van der Waals surface area contributed by atoms with E-state index >= 15 is 0 Å². The fraction of sp³-hybridized carbons (Fsp3) is 0.533. The number of nitrogens with one attached hydrogen (secondary N) is 1. The molecule has 0 saturated heterocycles. The number of hydrogen-bond donors (Lipinski definition) is 2. The number of hydrogen-bond acceptors (Lipinski definition) is 5. The summed E-state index contributed by atoms with van der Waals surface area (Å²) in [5.74, 6) is 0.599. The summed E-state index contributed by atoms with van der Waals surface area (Å²) in [5, 5.41) is 14.2. The van der Waals surface area contributed by atoms with Crippen molar-refractivity contribution in [2.24, 2.45) is 0 Å². The molecule has 20 heavy (non-hydrogen) atoms. The first-order valence-corrected chi connectivity index (χ1v) is 7.58. The SMILES string of the molecule is Cc1cc2c(OCC(O)CNC(C)(C)C)nccc2s1. The monoisotopic (exact) mass is 294 g/mol. The Morgan fingerprint density at radius 3 is 2.90 bits per heavy atom. The molecule has 2 aromatic heterocycles. The van der Waals surface area contributed by atoms with Gasteiger partial charge in [0.1, 0.15) is 12.7 Å². The number of nitrogens with zero attached hydrogens (tertiary/aromatic N) is 1. The molecule has 0 aliphatic carbocycles. The number of β-amino-alcohol motifs (C(OH)–C–C–N with tert-alkyl or cyclic N) is 1. The zero-order chi connectivity index (χ0) is 14.8. The van der Waals surface area contributed by atoms with Gasteiger partial charge < -0.3 is 15.2 Å². The zero-order valence-corrected chi connectivity index (χ0v) is 13.3. The summed E-state index contributed by atoms with van der Waals surface area (Å²) in [5.41, 5.74) is -0.0102. The zero-order valence-electron chi connectivity index (χ0n) is 12.4. The van der Waals surface area contributed by atoms with Crippen LogP contribution >= 0.6 is 11.3 Å². The summed E-state index contributed by atoms with van der Waals surface area (Å²) in [7, 11) is 0. The maximum absolute atomic E-state index is 9.94. The number of fused-ring (bicyclic) bond motifs is 1. The number of thiophene rings is 1. The fourth-order valence-electron chi connectivity index (χ4n) is 1.84. The Labute approximate surface area is 123 Å². The molecule has 2 heterocycles. The van der Waals surface area contributed by atoms with Gasteiger partial charge in [-0.25, -0.2) is 4.98 Å². The number of aryl methyl sites for hydroxylation is 1. The van der Waals surface area contributed by atoms with Crippen LogP contribution in [0.1, 0.15) is 25.6 Å². The van der Waals surface area contributed by atoms with Crippen LogP contribution in [-0.4, -0.2) is 34.9 Å². The van der Waals surface area contributed by atoms with Gasteiger partial charge in [0.15, 0.2) is 0 Å². The van der Waals surface area contributed by atoms with E-state index in [9.17, 15) is 5.11 Å². The standard InChI is InChI=1S/C15H22N2O2S/c1-10-7-12-13(20-10)5-6-16-14(12)19-9-11(18)8-17-15(2,3)4/h5-7,11,17-18H,8-9H2,1-4H3. The van der Waals surface area contributed by atoms with E-state index in [1.807, 2.05) is 6.07 Å². The van der Waals surface area contributed by atoms with E-state index < -0.39 is 6.10 Å². The highest BCUT2D eigenvalue weighted by molar-refractivity contribution is 7.19. The van der Waals surface area contributed by atoms with E-state index in [1.165, 1.54) is 4.88 Å². The molecule has 110 valence electrons. The topological polar surface area (TPSA) is 54.4 Å². The van der Waals surface area contributed by atoms with Gasteiger partial charge in [0.05, 0.1) is 5.39 Å². The highest BCUT2D eigenvalue weighted by Gasteiger charge is 2.14. The van der Waals surface area contributed by atoms with Gasteiger partial charge in [-0.15, -0.1) is 11.3 Å². The van der Waals surface area contributed by atoms with Crippen molar-refractivity contribution >= 4 is 21.4 Å². The molecule has 2 aromatic rings. The number of pyridine rings is 1. The predicted octanol–water partition coefficient (Wildman–Crippen LogP) is 2.73. The summed E-state index contributed by atoms with van der Waals surface area (Å²) in [6.45, 7) is 9.01. The normalized spacial score (nSPS) is 13.7. The molecule has 0 radical (unpaired) electrons. The smallest absolute Gasteiger partial charge is 0.222 e. The van der Waals surface area contributed by atoms with Gasteiger partial charge in [-0.05, 0) is 39.8 Å². The molecular weight excluding hydrogens is 272 g/mol. The van der Waals surface area contributed by atoms with E-state index in [1.54, 1.807) is 17.5 Å². The molecule has 2 N–H and O–H groups in total. The van der Waals surface area contributed by atoms with Crippen LogP contribution in [0.25, 0.3) is 10.1 Å². The van der Waals surface area contributed by atoms with Crippen molar-refractivity contribution in [2.45, 2.75) is 39.3 Å². The molecule has 0 bridgehead atoms. The van der Waals surface area contributed by atoms with E-state index in [0.717, 1.165) is 10.1 Å². The molecule has 1 unspecified atom stereocenters. The Hall–Kier alpha value is -1.17. The predicted molar refractivity (Wildman–Crippen MR) is 83.6 cm³/mol. The largest absolute Gasteiger partial charge is 0.474 e. The van der Waals surface area contributed by atoms with Gasteiger partial charge >= 0.3 is 0 Å². The third-order valence-corrected chi connectivity index (χ3v) is 3.83. The van der Waals surface area contributed by atoms with Crippen molar-refractivity contribution in [3.8, 4) is 5.88 Å². The van der Waals surface area contributed by atoms with Gasteiger partial charge in [0.25, 0.3) is 0 Å². The number of aliphatic hydroxyl groups is 1. The Kier molecular flexibility index (Phi) is 4.62. The number of ether oxygens (including phenoxy) is 1. The molecular formula is C15H22N2O2S. The Morgan fingerprint density at radius 2 is 2.20 bits per heavy atom. The lowest BCUT2D eigenvalue weighted by Gasteiger charge is -2.22. The van der Waals surface area contributed by atoms with Crippen LogP contribution in [0.5, 0.6) is 5.88 Å². The summed E-state index contributed by atoms with van der Waals surface area (Å²) < 4.78 is 6.83. The van der Waals surface area contributed by atoms with E-state index in [4.69, 9.17) is 4.74 Å². The van der Waals surface area contributed by atoms with Gasteiger partial charge in [-0.2, -0.15) is 0 Å². The van der Waals surface area contributed by atoms with Crippen molar-refractivity contribution < 1.29 is 9.84 Å². The second-order valence-corrected chi connectivity index (χ2v) is 7.27. The number of aliphatic hydroxyl groups excluding tert-OH is 1. The van der Waals surface area contributed by atoms with Crippen LogP contribution in [0.3, 0.4) is 0 Å². The highest BCUT2D eigenvalue weighted by Crippen LogP contribution is 2.30. The summed E-state index contributed by atoms with van der Waals surface area (Å²) in [6, 6.07) is 4.06. The van der Waals surface area contributed by atoms with E-state index in [-0.39, 0.29) is 12.1 Å². The van der Waals surface area contributed by atoms with Crippen molar-refractivity contribution in [1.29, 1.82) is 0 Å². The van der Waals surface area contributed by atoms with Crippen LogP contribution in [-0.2, 0) is 0 Å². The molecule has 0 amide bonds. The van der Waals surface area contributed by atoms with Crippen LogP contribution in [0.4, 0.5) is 0 Å². The molecule has 0 aromatic carbocycles. The lowest BCUT2D eigenvalue weighted by atomic mass is 10.1. The molecule has 5 heteroatoms. The maximum atomic E-state index is 9.94. The average Bonchev–Trinajstić information content (AvgIpc) is 2.73. The van der Waals surface area contributed by atoms with E-state index in [2.05, 4.69) is 44.1 Å². The summed E-state index contributed by atoms with van der Waals surface area (Å²) in [4.78, 5) is 5.48. The number of aromatic nitrogens is 1. The first-order chi connectivity index (χ1) is 9.35. The minimum Gasteiger partial charge on any atom is -0.474 e. The quantitative estimate of drug-likeness (QED) is 0.890.